The van der Waals surface area contributed by atoms with Gasteiger partial charge < -0.3 is 15.0 Å². The Bertz CT molecular complexity index is 350. The number of aryl methyl sites for hydroxylation is 1. The summed E-state index contributed by atoms with van der Waals surface area (Å²) in [6.07, 6.45) is 1.91. The zero-order chi connectivity index (χ0) is 11.4. The number of rotatable bonds is 3. The number of hydrogen-bond donors (Lipinski definition) is 1. The molecule has 2 rings (SSSR count). The molecule has 0 atom stereocenters. The lowest BCUT2D eigenvalue weighted by Gasteiger charge is -2.27. The number of ether oxygens (including phenoxy) is 1. The SMILES string of the molecule is CNCc1cnc(N2CCOCC2)nc1C. The molecule has 0 amide bonds. The smallest absolute Gasteiger partial charge is 0.225 e. The van der Waals surface area contributed by atoms with Crippen molar-refractivity contribution in [3.05, 3.63) is 17.5 Å². The van der Waals surface area contributed by atoms with Gasteiger partial charge in [-0.15, -0.1) is 0 Å². The maximum absolute atomic E-state index is 5.31. The van der Waals surface area contributed by atoms with Crippen LogP contribution in [-0.2, 0) is 11.3 Å². The van der Waals surface area contributed by atoms with Crippen LogP contribution < -0.4 is 10.2 Å². The Balaban J connectivity index is 2.13. The second-order valence-corrected chi connectivity index (χ2v) is 3.91. The van der Waals surface area contributed by atoms with Crippen LogP contribution in [0.2, 0.25) is 0 Å². The van der Waals surface area contributed by atoms with Crippen LogP contribution in [0.5, 0.6) is 0 Å². The van der Waals surface area contributed by atoms with Gasteiger partial charge in [-0.05, 0) is 14.0 Å². The molecule has 1 N–H and O–H groups in total. The molecule has 0 radical (unpaired) electrons. The van der Waals surface area contributed by atoms with Crippen LogP contribution in [0.4, 0.5) is 5.95 Å². The molecule has 0 aliphatic carbocycles. The first-order valence-electron chi connectivity index (χ1n) is 5.61. The summed E-state index contributed by atoms with van der Waals surface area (Å²) in [5.41, 5.74) is 2.20. The lowest BCUT2D eigenvalue weighted by atomic mass is 10.2. The minimum absolute atomic E-state index is 0.765. The minimum Gasteiger partial charge on any atom is -0.378 e. The number of anilines is 1. The van der Waals surface area contributed by atoms with Gasteiger partial charge in [0.1, 0.15) is 0 Å². The van der Waals surface area contributed by atoms with E-state index in [1.807, 2.05) is 20.2 Å². The van der Waals surface area contributed by atoms with E-state index in [0.29, 0.717) is 0 Å². The Morgan fingerprint density at radius 1 is 1.44 bits per heavy atom. The van der Waals surface area contributed by atoms with Crippen LogP contribution in [0.25, 0.3) is 0 Å². The average molecular weight is 222 g/mol. The van der Waals surface area contributed by atoms with E-state index in [2.05, 4.69) is 20.2 Å². The molecule has 1 saturated heterocycles. The monoisotopic (exact) mass is 222 g/mol. The molecule has 0 unspecified atom stereocenters. The molecule has 5 heteroatoms. The summed E-state index contributed by atoms with van der Waals surface area (Å²) in [7, 11) is 1.93. The summed E-state index contributed by atoms with van der Waals surface area (Å²) < 4.78 is 5.31. The van der Waals surface area contributed by atoms with E-state index in [9.17, 15) is 0 Å². The first-order valence-corrected chi connectivity index (χ1v) is 5.61. The maximum atomic E-state index is 5.31. The first-order chi connectivity index (χ1) is 7.81. The van der Waals surface area contributed by atoms with Crippen molar-refractivity contribution < 1.29 is 4.74 Å². The lowest BCUT2D eigenvalue weighted by Crippen LogP contribution is -2.37. The Hall–Kier alpha value is -1.20. The van der Waals surface area contributed by atoms with Crippen LogP contribution in [0.15, 0.2) is 6.20 Å². The number of aromatic nitrogens is 2. The van der Waals surface area contributed by atoms with Crippen molar-refractivity contribution >= 4 is 5.95 Å². The molecule has 0 aromatic carbocycles. The van der Waals surface area contributed by atoms with Crippen LogP contribution in [-0.4, -0.2) is 43.3 Å². The fourth-order valence-electron chi connectivity index (χ4n) is 1.76. The van der Waals surface area contributed by atoms with E-state index in [4.69, 9.17) is 4.74 Å². The number of nitrogens with zero attached hydrogens (tertiary/aromatic N) is 3. The Labute approximate surface area is 95.8 Å². The van der Waals surface area contributed by atoms with Gasteiger partial charge in [0, 0.05) is 37.1 Å². The van der Waals surface area contributed by atoms with Crippen molar-refractivity contribution in [3.63, 3.8) is 0 Å². The van der Waals surface area contributed by atoms with Gasteiger partial charge in [-0.2, -0.15) is 0 Å². The lowest BCUT2D eigenvalue weighted by molar-refractivity contribution is 0.122. The molecule has 0 saturated carbocycles. The molecule has 5 nitrogen and oxygen atoms in total. The van der Waals surface area contributed by atoms with Gasteiger partial charge in [-0.25, -0.2) is 9.97 Å². The predicted octanol–water partition coefficient (Wildman–Crippen LogP) is 0.341. The normalized spacial score (nSPS) is 16.5. The Kier molecular flexibility index (Phi) is 3.69. The Morgan fingerprint density at radius 3 is 2.81 bits per heavy atom. The summed E-state index contributed by atoms with van der Waals surface area (Å²) in [4.78, 5) is 11.1. The highest BCUT2D eigenvalue weighted by molar-refractivity contribution is 5.33. The molecule has 1 aromatic heterocycles. The van der Waals surface area contributed by atoms with Crippen LogP contribution in [0.3, 0.4) is 0 Å². The molecule has 0 bridgehead atoms. The van der Waals surface area contributed by atoms with Crippen molar-refractivity contribution in [2.24, 2.45) is 0 Å². The molecule has 1 aliphatic heterocycles. The quantitative estimate of drug-likeness (QED) is 0.799. The summed E-state index contributed by atoms with van der Waals surface area (Å²) >= 11 is 0. The van der Waals surface area contributed by atoms with E-state index in [1.165, 1.54) is 0 Å². The van der Waals surface area contributed by atoms with Gasteiger partial charge in [0.25, 0.3) is 0 Å². The fourth-order valence-corrected chi connectivity index (χ4v) is 1.76. The van der Waals surface area contributed by atoms with Gasteiger partial charge in [0.05, 0.1) is 13.2 Å². The summed E-state index contributed by atoms with van der Waals surface area (Å²) in [6, 6.07) is 0. The van der Waals surface area contributed by atoms with E-state index in [1.54, 1.807) is 0 Å². The standard InChI is InChI=1S/C11H18N4O/c1-9-10(7-12-2)8-13-11(14-9)15-3-5-16-6-4-15/h8,12H,3-7H2,1-2H3. The molecular weight excluding hydrogens is 204 g/mol. The molecule has 16 heavy (non-hydrogen) atoms. The first kappa shape index (κ1) is 11.3. The van der Waals surface area contributed by atoms with Crippen LogP contribution >= 0.6 is 0 Å². The molecule has 88 valence electrons. The van der Waals surface area contributed by atoms with Crippen molar-refractivity contribution in [2.75, 3.05) is 38.3 Å². The molecule has 1 aromatic rings. The molecular formula is C11H18N4O. The van der Waals surface area contributed by atoms with Crippen LogP contribution in [0, 0.1) is 6.92 Å². The van der Waals surface area contributed by atoms with Crippen molar-refractivity contribution in [1.29, 1.82) is 0 Å². The molecule has 1 fully saturated rings. The summed E-state index contributed by atoms with van der Waals surface area (Å²) in [5.74, 6) is 0.820. The number of hydrogen-bond acceptors (Lipinski definition) is 5. The molecule has 2 heterocycles. The third kappa shape index (κ3) is 2.48. The van der Waals surface area contributed by atoms with Gasteiger partial charge in [-0.1, -0.05) is 0 Å². The van der Waals surface area contributed by atoms with E-state index in [0.717, 1.165) is 50.1 Å². The van der Waals surface area contributed by atoms with Gasteiger partial charge in [-0.3, -0.25) is 0 Å². The third-order valence-corrected chi connectivity index (χ3v) is 2.73. The van der Waals surface area contributed by atoms with E-state index < -0.39 is 0 Å². The molecule has 0 spiro atoms. The third-order valence-electron chi connectivity index (χ3n) is 2.73. The average Bonchev–Trinajstić information content (AvgIpc) is 2.33. The van der Waals surface area contributed by atoms with Crippen molar-refractivity contribution in [3.8, 4) is 0 Å². The maximum Gasteiger partial charge on any atom is 0.225 e. The molecule has 1 aliphatic rings. The topological polar surface area (TPSA) is 50.3 Å². The van der Waals surface area contributed by atoms with E-state index >= 15 is 0 Å². The second kappa shape index (κ2) is 5.23. The highest BCUT2D eigenvalue weighted by atomic mass is 16.5. The van der Waals surface area contributed by atoms with E-state index in [-0.39, 0.29) is 0 Å². The fraction of sp³-hybridized carbons (Fsp3) is 0.636. The van der Waals surface area contributed by atoms with Gasteiger partial charge in [0.15, 0.2) is 0 Å². The number of nitrogens with one attached hydrogen (secondary N) is 1. The predicted molar refractivity (Wildman–Crippen MR) is 62.6 cm³/mol. The highest BCUT2D eigenvalue weighted by Gasteiger charge is 2.14. The zero-order valence-electron chi connectivity index (χ0n) is 9.86. The summed E-state index contributed by atoms with van der Waals surface area (Å²) in [5, 5.41) is 3.11. The van der Waals surface area contributed by atoms with Crippen LogP contribution in [0.1, 0.15) is 11.3 Å². The van der Waals surface area contributed by atoms with Gasteiger partial charge in [0.2, 0.25) is 5.95 Å². The van der Waals surface area contributed by atoms with Gasteiger partial charge >= 0.3 is 0 Å². The zero-order valence-corrected chi connectivity index (χ0v) is 9.86. The largest absolute Gasteiger partial charge is 0.378 e. The van der Waals surface area contributed by atoms with Crippen molar-refractivity contribution in [1.82, 2.24) is 15.3 Å². The second-order valence-electron chi connectivity index (χ2n) is 3.91. The highest BCUT2D eigenvalue weighted by Crippen LogP contribution is 2.12. The Morgan fingerprint density at radius 2 is 2.19 bits per heavy atom. The number of morpholine rings is 1. The van der Waals surface area contributed by atoms with Crippen molar-refractivity contribution in [2.45, 2.75) is 13.5 Å². The summed E-state index contributed by atoms with van der Waals surface area (Å²) in [6.45, 7) is 6.13. The minimum atomic E-state index is 0.765.